The summed E-state index contributed by atoms with van der Waals surface area (Å²) in [5.41, 5.74) is 0.0855. The minimum atomic E-state index is 0. The molecule has 0 aromatic carbocycles. The van der Waals surface area contributed by atoms with Crippen LogP contribution in [0.1, 0.15) is 233 Å². The molecule has 18 heteroatoms. The third-order valence-electron chi connectivity index (χ3n) is 11.6. The molecule has 474 valence electrons. The van der Waals surface area contributed by atoms with Gasteiger partial charge < -0.3 is 63.8 Å². The van der Waals surface area contributed by atoms with Crippen LogP contribution >= 0.6 is 0 Å². The maximum atomic E-state index is 4.70. The van der Waals surface area contributed by atoms with E-state index < -0.39 is 0 Å². The van der Waals surface area contributed by atoms with Crippen LogP contribution in [0.2, 0.25) is 0 Å². The zero-order valence-corrected chi connectivity index (χ0v) is 61.5. The molecule has 0 aliphatic rings. The summed E-state index contributed by atoms with van der Waals surface area (Å²) in [7, 11) is 3.65. The van der Waals surface area contributed by atoms with Gasteiger partial charge in [-0.15, -0.1) is 48.3 Å². The third kappa shape index (κ3) is 78.6. The van der Waals surface area contributed by atoms with Gasteiger partial charge in [-0.3, -0.25) is 0 Å². The molecule has 0 aliphatic heterocycles. The van der Waals surface area contributed by atoms with E-state index in [2.05, 4.69) is 261 Å². The van der Waals surface area contributed by atoms with Crippen molar-refractivity contribution in [3.8, 4) is 0 Å². The average molecular weight is 1350 g/mol. The first-order valence-corrected chi connectivity index (χ1v) is 28.2. The van der Waals surface area contributed by atoms with Crippen molar-refractivity contribution in [3.05, 3.63) is 63.8 Å². The molecule has 12 nitrogen and oxygen atoms in total. The molecule has 6 radical (unpaired) electrons. The van der Waals surface area contributed by atoms with Gasteiger partial charge in [0, 0.05) is 0 Å². The van der Waals surface area contributed by atoms with E-state index in [0.717, 1.165) is 51.9 Å². The molecule has 0 fully saturated rings. The molecular weight excluding hydrogens is 1220 g/mol. The largest absolute Gasteiger partial charge is 2.00 e. The van der Waals surface area contributed by atoms with E-state index in [-0.39, 0.29) is 112 Å². The topological polar surface area (TPSA) is 169 Å². The number of likely N-dealkylation sites (N-methyl/N-ethyl adjacent to an activating group) is 4. The quantitative estimate of drug-likeness (QED) is 0.0668. The second kappa shape index (κ2) is 66.7. The Labute approximate surface area is 541 Å². The number of nitrogens with zero attached hydrogens (tertiary/aromatic N) is 12. The van der Waals surface area contributed by atoms with Crippen LogP contribution in [0.5, 0.6) is 0 Å². The van der Waals surface area contributed by atoms with E-state index in [1.54, 1.807) is 0 Å². The van der Waals surface area contributed by atoms with E-state index in [1.165, 1.54) is 0 Å². The fourth-order valence-corrected chi connectivity index (χ4v) is 6.17. The predicted octanol–water partition coefficient (Wildman–Crippen LogP) is 19.2. The molecule has 0 bridgehead atoms. The van der Waals surface area contributed by atoms with Gasteiger partial charge in [-0.2, -0.15) is 99.7 Å². The minimum Gasteiger partial charge on any atom is -0.664 e. The zero-order chi connectivity index (χ0) is 56.4. The Balaban J connectivity index is -0.0000000642. The van der Waals surface area contributed by atoms with Gasteiger partial charge in [0.1, 0.15) is 0 Å². The maximum absolute atomic E-state index is 4.70. The number of hydrogen-bond donors (Lipinski definition) is 0. The Kier molecular flexibility index (Phi) is 93.6. The maximum Gasteiger partial charge on any atom is 2.00 e. The first-order chi connectivity index (χ1) is 32.1. The molecule has 0 saturated heterocycles. The van der Waals surface area contributed by atoms with Crippen molar-refractivity contribution >= 4 is 0 Å². The smallest absolute Gasteiger partial charge is 0.664 e. The average Bonchev–Trinajstić information content (AvgIpc) is 3.26. The van der Waals surface area contributed by atoms with Crippen molar-refractivity contribution < 1.29 is 101 Å². The van der Waals surface area contributed by atoms with Crippen LogP contribution in [-0.2, 0) is 101 Å². The normalized spacial score (nSPS) is 16.3. The van der Waals surface area contributed by atoms with Crippen LogP contribution in [0.25, 0.3) is 63.8 Å². The Morgan fingerprint density at radius 2 is 0.513 bits per heavy atom. The van der Waals surface area contributed by atoms with Crippen LogP contribution < -0.4 is 0 Å². The molecule has 0 spiro atoms. The first kappa shape index (κ1) is 107. The number of hydrogen-bond acceptors (Lipinski definition) is 0. The Morgan fingerprint density at radius 1 is 0.289 bits per heavy atom. The van der Waals surface area contributed by atoms with Crippen molar-refractivity contribution in [1.82, 2.24) is 0 Å². The molecule has 0 saturated carbocycles. The molecule has 14 atom stereocenters. The second-order valence-corrected chi connectivity index (χ2v) is 22.1. The summed E-state index contributed by atoms with van der Waals surface area (Å²) in [5.74, 6) is 0. The summed E-state index contributed by atoms with van der Waals surface area (Å²) >= 11 is 0. The molecular formula is C58H128Co6N12. The minimum absolute atomic E-state index is 0. The molecule has 0 aromatic rings. The molecule has 0 rings (SSSR count). The molecule has 0 N–H and O–H groups in total. The standard InChI is InChI=1S/2C12H26N2.2C10H22N2.C8H18N2.C6H14N2.6Co/c1-9(13-11(3,4)5)10(2)14-12(6,7)8;1-7-9(3)13-11(5)12(6)14-10(4)8-2;1-7(2)11-9(5)10(6)12-8(3)4;1-5-7-11-9(3)10(4)12-8-6-2;1-5-9-7(3)8(4)10-6-2;1-5(7-3)6(2)8-4;;;;;;/h9-10H,1-8H3;9-12H,7-8H2,1-6H3;7-10H,1-6H3;9-10H,5-8H2,1-4H3;7-8H,5-6H2,1-4H3;5-6H,1-4H3;;;;;;/q6*-2;6*+2. The van der Waals surface area contributed by atoms with Crippen LogP contribution in [0, 0.1) is 0 Å². The van der Waals surface area contributed by atoms with Crippen molar-refractivity contribution in [2.45, 2.75) is 341 Å². The van der Waals surface area contributed by atoms with Crippen molar-refractivity contribution in [2.24, 2.45) is 0 Å². The molecule has 0 amide bonds. The van der Waals surface area contributed by atoms with E-state index in [4.69, 9.17) is 10.6 Å². The van der Waals surface area contributed by atoms with Gasteiger partial charge in [-0.05, 0) is 0 Å². The summed E-state index contributed by atoms with van der Waals surface area (Å²) in [4.78, 5) is 0. The summed E-state index contributed by atoms with van der Waals surface area (Å²) in [6.07, 6.45) is 4.54. The number of rotatable bonds is 30. The fraction of sp³-hybridized carbons (Fsp3) is 1.00. The van der Waals surface area contributed by atoms with Gasteiger partial charge in [-0.25, -0.2) is 0 Å². The van der Waals surface area contributed by atoms with Crippen molar-refractivity contribution in [3.63, 3.8) is 0 Å². The monoisotopic (exact) mass is 1350 g/mol. The van der Waals surface area contributed by atoms with Crippen LogP contribution in [-0.4, -0.2) is 148 Å². The first-order valence-electron chi connectivity index (χ1n) is 28.2. The van der Waals surface area contributed by atoms with E-state index in [0.29, 0.717) is 96.7 Å². The van der Waals surface area contributed by atoms with Crippen LogP contribution in [0.3, 0.4) is 0 Å². The van der Waals surface area contributed by atoms with Crippen molar-refractivity contribution in [2.75, 3.05) is 40.3 Å². The van der Waals surface area contributed by atoms with Crippen LogP contribution in [0.4, 0.5) is 0 Å². The Hall–Kier alpha value is 2.56. The SMILES string of the molecule is CC(C)[N-]C(C)C(C)[N-]C(C)C.CC([N-]C(C)(C)C)C(C)[N-]C(C)(C)C.CCC(C)[N-]C(C)C(C)[N-]C(C)CC.CCC[N-]C(C)C(C)[N-]CCC.CC[N-]C(C)C(C)[N-]CC.C[N-]C(C)C(C)[N-]C.[Co+2].[Co+2].[Co+2].[Co+2].[Co+2].[Co+2]. The van der Waals surface area contributed by atoms with Crippen molar-refractivity contribution in [1.29, 1.82) is 0 Å². The summed E-state index contributed by atoms with van der Waals surface area (Å²) in [6.45, 7) is 67.7. The zero-order valence-electron chi connectivity index (χ0n) is 55.3. The van der Waals surface area contributed by atoms with Gasteiger partial charge in [-0.1, -0.05) is 233 Å². The molecule has 0 aliphatic carbocycles. The summed E-state index contributed by atoms with van der Waals surface area (Å²) in [6, 6.07) is 6.15. The molecule has 0 aromatic heterocycles. The Morgan fingerprint density at radius 3 is 0.684 bits per heavy atom. The molecule has 76 heavy (non-hydrogen) atoms. The van der Waals surface area contributed by atoms with E-state index >= 15 is 0 Å². The predicted molar refractivity (Wildman–Crippen MR) is 326 cm³/mol. The summed E-state index contributed by atoms with van der Waals surface area (Å²) in [5, 5.41) is 53.7. The second-order valence-electron chi connectivity index (χ2n) is 22.1. The van der Waals surface area contributed by atoms with Gasteiger partial charge in [0.2, 0.25) is 0 Å². The van der Waals surface area contributed by atoms with Gasteiger partial charge >= 0.3 is 101 Å². The van der Waals surface area contributed by atoms with E-state index in [9.17, 15) is 0 Å². The van der Waals surface area contributed by atoms with Gasteiger partial charge in [0.05, 0.1) is 0 Å². The molecule has 0 heterocycles. The van der Waals surface area contributed by atoms with E-state index in [1.807, 2.05) is 14.1 Å². The molecule has 14 unspecified atom stereocenters. The third-order valence-corrected chi connectivity index (χ3v) is 11.6. The fourth-order valence-electron chi connectivity index (χ4n) is 6.17. The summed E-state index contributed by atoms with van der Waals surface area (Å²) < 4.78 is 0. The Bertz CT molecular complexity index is 985. The van der Waals surface area contributed by atoms with Crippen LogP contribution in [0.15, 0.2) is 0 Å². The van der Waals surface area contributed by atoms with Gasteiger partial charge in [0.15, 0.2) is 0 Å². The van der Waals surface area contributed by atoms with Gasteiger partial charge in [0.25, 0.3) is 0 Å².